The van der Waals surface area contributed by atoms with Crippen LogP contribution in [0, 0.1) is 10.1 Å². The Morgan fingerprint density at radius 2 is 2.15 bits per heavy atom. The van der Waals surface area contributed by atoms with Gasteiger partial charge in [0, 0.05) is 5.69 Å². The highest BCUT2D eigenvalue weighted by Gasteiger charge is 2.17. The lowest BCUT2D eigenvalue weighted by atomic mass is 10.3. The predicted molar refractivity (Wildman–Crippen MR) is 71.3 cm³/mol. The van der Waals surface area contributed by atoms with E-state index in [1.54, 1.807) is 12.1 Å². The van der Waals surface area contributed by atoms with Gasteiger partial charge in [-0.1, -0.05) is 11.6 Å². The maximum absolute atomic E-state index is 11.8. The molecule has 1 N–H and O–H groups in total. The van der Waals surface area contributed by atoms with Crippen LogP contribution in [0.1, 0.15) is 10.6 Å². The number of anilines is 1. The van der Waals surface area contributed by atoms with Crippen molar-refractivity contribution in [2.75, 3.05) is 12.4 Å². The minimum atomic E-state index is -0.721. The number of nitrogens with one attached hydrogen (secondary N) is 1. The molecule has 0 aliphatic rings. The molecule has 1 amide bonds. The Kier molecular flexibility index (Phi) is 3.90. The van der Waals surface area contributed by atoms with Gasteiger partial charge in [-0.25, -0.2) is 0 Å². The molecule has 2 rings (SSSR count). The van der Waals surface area contributed by atoms with Crippen molar-refractivity contribution in [3.8, 4) is 5.75 Å². The highest BCUT2D eigenvalue weighted by Crippen LogP contribution is 2.27. The minimum absolute atomic E-state index is 0.163. The van der Waals surface area contributed by atoms with E-state index in [-0.39, 0.29) is 5.76 Å². The number of hydrogen-bond acceptors (Lipinski definition) is 5. The highest BCUT2D eigenvalue weighted by atomic mass is 35.5. The van der Waals surface area contributed by atoms with E-state index in [9.17, 15) is 14.9 Å². The molecule has 1 aromatic heterocycles. The van der Waals surface area contributed by atoms with E-state index >= 15 is 0 Å². The molecule has 0 unspecified atom stereocenters. The summed E-state index contributed by atoms with van der Waals surface area (Å²) in [5.74, 6) is -0.802. The number of rotatable bonds is 4. The van der Waals surface area contributed by atoms with Crippen molar-refractivity contribution in [1.82, 2.24) is 0 Å². The molecule has 20 heavy (non-hydrogen) atoms. The molecule has 0 saturated heterocycles. The number of carbonyl (C=O) groups excluding carboxylic acids is 1. The number of methoxy groups -OCH3 is 1. The fourth-order valence-corrected chi connectivity index (χ4v) is 1.74. The van der Waals surface area contributed by atoms with Gasteiger partial charge in [-0.2, -0.15) is 0 Å². The van der Waals surface area contributed by atoms with E-state index in [4.69, 9.17) is 20.8 Å². The summed E-state index contributed by atoms with van der Waals surface area (Å²) in [5.41, 5.74) is 0.417. The van der Waals surface area contributed by atoms with Crippen LogP contribution in [0.3, 0.4) is 0 Å². The molecule has 0 spiro atoms. The SMILES string of the molecule is COc1ccc(NC(=O)c2ccc([N+](=O)[O-])o2)cc1Cl. The van der Waals surface area contributed by atoms with Crippen molar-refractivity contribution in [3.63, 3.8) is 0 Å². The zero-order valence-electron chi connectivity index (χ0n) is 10.3. The summed E-state index contributed by atoms with van der Waals surface area (Å²) in [5, 5.41) is 13.3. The largest absolute Gasteiger partial charge is 0.495 e. The van der Waals surface area contributed by atoms with E-state index in [1.165, 1.54) is 19.2 Å². The maximum atomic E-state index is 11.8. The monoisotopic (exact) mass is 296 g/mol. The zero-order chi connectivity index (χ0) is 14.7. The van der Waals surface area contributed by atoms with Crippen molar-refractivity contribution >= 4 is 29.1 Å². The van der Waals surface area contributed by atoms with Gasteiger partial charge in [0.05, 0.1) is 18.2 Å². The van der Waals surface area contributed by atoms with Crippen LogP contribution in [-0.4, -0.2) is 17.9 Å². The van der Waals surface area contributed by atoms with Crippen LogP contribution < -0.4 is 10.1 Å². The Hall–Kier alpha value is -2.54. The van der Waals surface area contributed by atoms with Gasteiger partial charge in [-0.15, -0.1) is 0 Å². The van der Waals surface area contributed by atoms with Crippen LogP contribution in [0.4, 0.5) is 11.6 Å². The van der Waals surface area contributed by atoms with E-state index in [2.05, 4.69) is 5.32 Å². The fourth-order valence-electron chi connectivity index (χ4n) is 1.48. The molecule has 7 nitrogen and oxygen atoms in total. The number of ether oxygens (including phenoxy) is 1. The van der Waals surface area contributed by atoms with E-state index < -0.39 is 16.7 Å². The first-order chi connectivity index (χ1) is 9.51. The Balaban J connectivity index is 2.14. The molecule has 8 heteroatoms. The molecular formula is C12H9ClN2O5. The van der Waals surface area contributed by atoms with Crippen LogP contribution in [0.15, 0.2) is 34.7 Å². The van der Waals surface area contributed by atoms with Crippen LogP contribution in [-0.2, 0) is 0 Å². The molecule has 1 aromatic carbocycles. The lowest BCUT2D eigenvalue weighted by Crippen LogP contribution is -2.10. The van der Waals surface area contributed by atoms with Gasteiger partial charge in [0.1, 0.15) is 10.7 Å². The normalized spacial score (nSPS) is 10.1. The van der Waals surface area contributed by atoms with E-state index in [0.717, 1.165) is 6.07 Å². The molecule has 0 fully saturated rings. The second-order valence-electron chi connectivity index (χ2n) is 3.70. The van der Waals surface area contributed by atoms with Crippen LogP contribution in [0.2, 0.25) is 5.02 Å². The van der Waals surface area contributed by atoms with Gasteiger partial charge in [0.15, 0.2) is 5.76 Å². The number of halogens is 1. The van der Waals surface area contributed by atoms with Gasteiger partial charge in [-0.05, 0) is 24.3 Å². The van der Waals surface area contributed by atoms with Gasteiger partial charge in [-0.3, -0.25) is 14.9 Å². The van der Waals surface area contributed by atoms with Gasteiger partial charge >= 0.3 is 5.88 Å². The Morgan fingerprint density at radius 3 is 2.70 bits per heavy atom. The zero-order valence-corrected chi connectivity index (χ0v) is 11.0. The number of hydrogen-bond donors (Lipinski definition) is 1. The Morgan fingerprint density at radius 1 is 1.40 bits per heavy atom. The van der Waals surface area contributed by atoms with Gasteiger partial charge < -0.3 is 14.5 Å². The third-order valence-electron chi connectivity index (χ3n) is 2.41. The number of amides is 1. The van der Waals surface area contributed by atoms with Crippen molar-refractivity contribution in [2.24, 2.45) is 0 Å². The second kappa shape index (κ2) is 5.62. The summed E-state index contributed by atoms with van der Waals surface area (Å²) in [6, 6.07) is 6.99. The molecule has 0 bridgehead atoms. The maximum Gasteiger partial charge on any atom is 0.433 e. The summed E-state index contributed by atoms with van der Waals surface area (Å²) in [6.07, 6.45) is 0. The first-order valence-electron chi connectivity index (χ1n) is 5.40. The van der Waals surface area contributed by atoms with Crippen molar-refractivity contribution in [3.05, 3.63) is 51.2 Å². The van der Waals surface area contributed by atoms with Gasteiger partial charge in [0.25, 0.3) is 5.91 Å². The molecule has 0 atom stereocenters. The summed E-state index contributed by atoms with van der Waals surface area (Å²) in [7, 11) is 1.47. The number of nitro groups is 1. The Bertz CT molecular complexity index is 668. The molecule has 0 aliphatic heterocycles. The smallest absolute Gasteiger partial charge is 0.433 e. The second-order valence-corrected chi connectivity index (χ2v) is 4.11. The lowest BCUT2D eigenvalue weighted by molar-refractivity contribution is -0.402. The first kappa shape index (κ1) is 13.9. The molecular weight excluding hydrogens is 288 g/mol. The average Bonchev–Trinajstić information content (AvgIpc) is 2.88. The van der Waals surface area contributed by atoms with Crippen molar-refractivity contribution in [2.45, 2.75) is 0 Å². The standard InChI is InChI=1S/C12H9ClN2O5/c1-19-9-3-2-7(6-8(9)13)14-12(16)10-4-5-11(20-10)15(17)18/h2-6H,1H3,(H,14,16). The molecule has 0 radical (unpaired) electrons. The summed E-state index contributed by atoms with van der Waals surface area (Å²) >= 11 is 5.92. The predicted octanol–water partition coefficient (Wildman–Crippen LogP) is 3.10. The molecule has 2 aromatic rings. The fraction of sp³-hybridized carbons (Fsp3) is 0.0833. The third-order valence-corrected chi connectivity index (χ3v) is 2.70. The molecule has 0 saturated carbocycles. The van der Waals surface area contributed by atoms with Crippen LogP contribution >= 0.6 is 11.6 Å². The van der Waals surface area contributed by atoms with E-state index in [1.807, 2.05) is 0 Å². The lowest BCUT2D eigenvalue weighted by Gasteiger charge is -2.06. The third kappa shape index (κ3) is 2.89. The number of carbonyl (C=O) groups is 1. The minimum Gasteiger partial charge on any atom is -0.495 e. The summed E-state index contributed by atoms with van der Waals surface area (Å²) in [6.45, 7) is 0. The number of nitrogens with zero attached hydrogens (tertiary/aromatic N) is 1. The molecule has 104 valence electrons. The first-order valence-corrected chi connectivity index (χ1v) is 5.78. The van der Waals surface area contributed by atoms with Crippen LogP contribution in [0.5, 0.6) is 5.75 Å². The quantitative estimate of drug-likeness (QED) is 0.691. The van der Waals surface area contributed by atoms with Crippen molar-refractivity contribution < 1.29 is 18.9 Å². The van der Waals surface area contributed by atoms with Crippen molar-refractivity contribution in [1.29, 1.82) is 0 Å². The molecule has 1 heterocycles. The van der Waals surface area contributed by atoms with Gasteiger partial charge in [0.2, 0.25) is 0 Å². The van der Waals surface area contributed by atoms with E-state index in [0.29, 0.717) is 16.5 Å². The summed E-state index contributed by atoms with van der Waals surface area (Å²) < 4.78 is 9.77. The number of furan rings is 1. The average molecular weight is 297 g/mol. The topological polar surface area (TPSA) is 94.6 Å². The molecule has 0 aliphatic carbocycles. The Labute approximate surface area is 118 Å². The number of benzene rings is 1. The highest BCUT2D eigenvalue weighted by molar-refractivity contribution is 6.32. The summed E-state index contributed by atoms with van der Waals surface area (Å²) in [4.78, 5) is 21.6. The van der Waals surface area contributed by atoms with Crippen LogP contribution in [0.25, 0.3) is 0 Å².